The molecule has 0 amide bonds. The largest absolute Gasteiger partial charge is 0.508 e. The van der Waals surface area contributed by atoms with Gasteiger partial charge in [-0.2, -0.15) is 0 Å². The summed E-state index contributed by atoms with van der Waals surface area (Å²) in [6.07, 6.45) is 2.28. The normalized spacial score (nSPS) is 14.8. The van der Waals surface area contributed by atoms with Gasteiger partial charge in [0.15, 0.2) is 5.82 Å². The number of ketones is 1. The number of carboxylic acid groups (broad SMARTS) is 1. The molecule has 0 unspecified atom stereocenters. The van der Waals surface area contributed by atoms with Crippen molar-refractivity contribution in [3.05, 3.63) is 53.3 Å². The van der Waals surface area contributed by atoms with Crippen LogP contribution in [-0.4, -0.2) is 59.8 Å². The number of aliphatic carboxylic acids is 1. The Bertz CT molecular complexity index is 1270. The SMILES string of the molecule is CCCC(=O)c1nnc(-c2cc(C(C)C)c(O)cc2O)n1-c1ccc(CN2CCC(C(=O)O)CC2)cc1. The van der Waals surface area contributed by atoms with Gasteiger partial charge >= 0.3 is 5.97 Å². The van der Waals surface area contributed by atoms with E-state index in [1.165, 1.54) is 6.07 Å². The molecule has 9 nitrogen and oxygen atoms in total. The van der Waals surface area contributed by atoms with Gasteiger partial charge in [-0.15, -0.1) is 10.2 Å². The van der Waals surface area contributed by atoms with Gasteiger partial charge in [-0.05, 0) is 67.6 Å². The second-order valence-electron chi connectivity index (χ2n) is 9.99. The number of likely N-dealkylation sites (tertiary alicyclic amines) is 1. The number of aromatic nitrogens is 3. The molecular weight excluding hydrogens is 472 g/mol. The quantitative estimate of drug-likeness (QED) is 0.355. The van der Waals surface area contributed by atoms with Gasteiger partial charge in [0, 0.05) is 24.7 Å². The smallest absolute Gasteiger partial charge is 0.306 e. The Morgan fingerprint density at radius 2 is 1.70 bits per heavy atom. The minimum Gasteiger partial charge on any atom is -0.508 e. The van der Waals surface area contributed by atoms with Crippen molar-refractivity contribution in [1.29, 1.82) is 0 Å². The predicted molar refractivity (Wildman–Crippen MR) is 139 cm³/mol. The summed E-state index contributed by atoms with van der Waals surface area (Å²) < 4.78 is 1.66. The zero-order valence-corrected chi connectivity index (χ0v) is 21.5. The first kappa shape index (κ1) is 26.3. The fourth-order valence-corrected chi connectivity index (χ4v) is 4.80. The first-order chi connectivity index (χ1) is 17.7. The molecule has 0 bridgehead atoms. The van der Waals surface area contributed by atoms with E-state index < -0.39 is 5.97 Å². The van der Waals surface area contributed by atoms with Crippen molar-refractivity contribution in [3.63, 3.8) is 0 Å². The van der Waals surface area contributed by atoms with Crippen LogP contribution in [-0.2, 0) is 11.3 Å². The second-order valence-corrected chi connectivity index (χ2v) is 9.99. The van der Waals surface area contributed by atoms with Crippen molar-refractivity contribution in [3.8, 4) is 28.6 Å². The molecule has 9 heteroatoms. The number of benzene rings is 2. The predicted octanol–water partition coefficient (Wildman–Crippen LogP) is 4.75. The standard InChI is InChI=1S/C28H34N4O5/c1-4-5-23(33)27-30-29-26(22-14-21(17(2)3)24(34)15-25(22)35)32(27)20-8-6-18(7-9-20)16-31-12-10-19(11-13-31)28(36)37/h6-9,14-15,17,19,34-35H,4-5,10-13,16H2,1-3H3,(H,36,37). The summed E-state index contributed by atoms with van der Waals surface area (Å²) in [4.78, 5) is 26.4. The highest BCUT2D eigenvalue weighted by atomic mass is 16.4. The molecule has 1 fully saturated rings. The summed E-state index contributed by atoms with van der Waals surface area (Å²) in [5.74, 6) is -0.750. The molecule has 1 aliphatic rings. The van der Waals surface area contributed by atoms with E-state index in [1.807, 2.05) is 45.0 Å². The third-order valence-corrected chi connectivity index (χ3v) is 6.93. The number of Topliss-reactive ketones (excluding diaryl/α,β-unsaturated/α-hetero) is 1. The Balaban J connectivity index is 1.67. The van der Waals surface area contributed by atoms with Gasteiger partial charge in [-0.3, -0.25) is 19.1 Å². The van der Waals surface area contributed by atoms with Crippen LogP contribution in [0.25, 0.3) is 17.1 Å². The molecule has 1 aromatic heterocycles. The molecule has 3 N–H and O–H groups in total. The third kappa shape index (κ3) is 5.67. The average molecular weight is 507 g/mol. The number of rotatable bonds is 9. The van der Waals surface area contributed by atoms with E-state index in [2.05, 4.69) is 15.1 Å². The summed E-state index contributed by atoms with van der Waals surface area (Å²) in [6, 6.07) is 10.7. The van der Waals surface area contributed by atoms with E-state index in [1.54, 1.807) is 10.6 Å². The molecule has 1 aliphatic heterocycles. The molecule has 0 radical (unpaired) electrons. The average Bonchev–Trinajstić information content (AvgIpc) is 3.30. The van der Waals surface area contributed by atoms with Crippen molar-refractivity contribution < 1.29 is 24.9 Å². The number of carbonyl (C=O) groups is 2. The number of hydrogen-bond acceptors (Lipinski definition) is 7. The maximum absolute atomic E-state index is 12.9. The lowest BCUT2D eigenvalue weighted by atomic mass is 9.97. The van der Waals surface area contributed by atoms with Crippen LogP contribution in [0.2, 0.25) is 0 Å². The van der Waals surface area contributed by atoms with E-state index in [0.29, 0.717) is 54.9 Å². The molecule has 37 heavy (non-hydrogen) atoms. The zero-order valence-electron chi connectivity index (χ0n) is 21.5. The van der Waals surface area contributed by atoms with Crippen molar-refractivity contribution in [2.75, 3.05) is 13.1 Å². The molecule has 3 aromatic rings. The molecule has 4 rings (SSSR count). The van der Waals surface area contributed by atoms with Crippen molar-refractivity contribution in [2.24, 2.45) is 5.92 Å². The number of aromatic hydroxyl groups is 2. The zero-order chi connectivity index (χ0) is 26.7. The van der Waals surface area contributed by atoms with Gasteiger partial charge in [0.05, 0.1) is 11.5 Å². The number of carbonyl (C=O) groups excluding carboxylic acids is 1. The number of hydrogen-bond donors (Lipinski definition) is 3. The maximum Gasteiger partial charge on any atom is 0.306 e. The summed E-state index contributed by atoms with van der Waals surface area (Å²) in [7, 11) is 0. The van der Waals surface area contributed by atoms with Gasteiger partial charge in [0.25, 0.3) is 0 Å². The number of piperidine rings is 1. The Labute approximate surface area is 216 Å². The van der Waals surface area contributed by atoms with Gasteiger partial charge in [0.2, 0.25) is 11.6 Å². The number of phenols is 2. The highest BCUT2D eigenvalue weighted by Crippen LogP contribution is 2.38. The first-order valence-electron chi connectivity index (χ1n) is 12.8. The molecule has 2 aromatic carbocycles. The Morgan fingerprint density at radius 3 is 2.30 bits per heavy atom. The summed E-state index contributed by atoms with van der Waals surface area (Å²) in [5, 5.41) is 38.7. The number of phenolic OH excluding ortho intramolecular Hbond substituents is 2. The van der Waals surface area contributed by atoms with E-state index in [9.17, 15) is 24.9 Å². The van der Waals surface area contributed by atoms with Crippen molar-refractivity contribution >= 4 is 11.8 Å². The van der Waals surface area contributed by atoms with Crippen LogP contribution in [0.1, 0.15) is 74.1 Å². The highest BCUT2D eigenvalue weighted by molar-refractivity contribution is 5.94. The van der Waals surface area contributed by atoms with E-state index in [4.69, 9.17) is 0 Å². The van der Waals surface area contributed by atoms with Crippen LogP contribution in [0.5, 0.6) is 11.5 Å². The van der Waals surface area contributed by atoms with E-state index in [0.717, 1.165) is 18.7 Å². The summed E-state index contributed by atoms with van der Waals surface area (Å²) in [6.45, 7) is 8.00. The van der Waals surface area contributed by atoms with Crippen molar-refractivity contribution in [1.82, 2.24) is 19.7 Å². The molecule has 1 saturated heterocycles. The topological polar surface area (TPSA) is 129 Å². The van der Waals surface area contributed by atoms with Crippen LogP contribution in [0.4, 0.5) is 0 Å². The lowest BCUT2D eigenvalue weighted by molar-refractivity contribution is -0.143. The first-order valence-corrected chi connectivity index (χ1v) is 12.8. The Kier molecular flexibility index (Phi) is 7.92. The molecule has 196 valence electrons. The molecule has 0 saturated carbocycles. The van der Waals surface area contributed by atoms with E-state index >= 15 is 0 Å². The summed E-state index contributed by atoms with van der Waals surface area (Å²) >= 11 is 0. The lowest BCUT2D eigenvalue weighted by Crippen LogP contribution is -2.35. The minimum atomic E-state index is -0.720. The third-order valence-electron chi connectivity index (χ3n) is 6.93. The van der Waals surface area contributed by atoms with Crippen LogP contribution in [0, 0.1) is 5.92 Å². The molecule has 2 heterocycles. The minimum absolute atomic E-state index is 0.00124. The highest BCUT2D eigenvalue weighted by Gasteiger charge is 2.26. The van der Waals surface area contributed by atoms with Crippen LogP contribution in [0.3, 0.4) is 0 Å². The van der Waals surface area contributed by atoms with Crippen LogP contribution >= 0.6 is 0 Å². The second kappa shape index (κ2) is 11.1. The Morgan fingerprint density at radius 1 is 1.03 bits per heavy atom. The number of carboxylic acids is 1. The fourth-order valence-electron chi connectivity index (χ4n) is 4.80. The van der Waals surface area contributed by atoms with Gasteiger partial charge < -0.3 is 15.3 Å². The lowest BCUT2D eigenvalue weighted by Gasteiger charge is -2.30. The molecule has 0 atom stereocenters. The van der Waals surface area contributed by atoms with Gasteiger partial charge in [-0.1, -0.05) is 32.9 Å². The number of nitrogens with zero attached hydrogens (tertiary/aromatic N) is 4. The summed E-state index contributed by atoms with van der Waals surface area (Å²) in [5.41, 5.74) is 2.80. The monoisotopic (exact) mass is 506 g/mol. The fraction of sp³-hybridized carbons (Fsp3) is 0.429. The van der Waals surface area contributed by atoms with Crippen LogP contribution in [0.15, 0.2) is 36.4 Å². The van der Waals surface area contributed by atoms with E-state index in [-0.39, 0.29) is 34.9 Å². The van der Waals surface area contributed by atoms with Crippen molar-refractivity contribution in [2.45, 2.75) is 58.9 Å². The molecule has 0 spiro atoms. The van der Waals surface area contributed by atoms with Crippen LogP contribution < -0.4 is 0 Å². The van der Waals surface area contributed by atoms with Gasteiger partial charge in [0.1, 0.15) is 11.5 Å². The molecule has 0 aliphatic carbocycles. The van der Waals surface area contributed by atoms with Gasteiger partial charge in [-0.25, -0.2) is 0 Å². The maximum atomic E-state index is 12.9. The Hall–Kier alpha value is -3.72. The molecular formula is C28H34N4O5.